The van der Waals surface area contributed by atoms with Gasteiger partial charge in [-0.1, -0.05) is 23.7 Å². The largest absolute Gasteiger partial charge is 0.465 e. The lowest BCUT2D eigenvalue weighted by Gasteiger charge is -2.01. The molecule has 5 nitrogen and oxygen atoms in total. The van der Waals surface area contributed by atoms with Crippen LogP contribution >= 0.6 is 11.6 Å². The number of ether oxygens (including phenoxy) is 1. The highest BCUT2D eigenvalue weighted by atomic mass is 35.5. The summed E-state index contributed by atoms with van der Waals surface area (Å²) in [5.74, 6) is -0.359. The van der Waals surface area contributed by atoms with E-state index in [-0.39, 0.29) is 5.97 Å². The van der Waals surface area contributed by atoms with Crippen molar-refractivity contribution in [2.24, 2.45) is 0 Å². The zero-order valence-corrected chi connectivity index (χ0v) is 11.3. The second-order valence-corrected chi connectivity index (χ2v) is 4.54. The lowest BCUT2D eigenvalue weighted by molar-refractivity contribution is 0.0601. The van der Waals surface area contributed by atoms with E-state index in [1.807, 2.05) is 18.2 Å². The molecule has 0 amide bonds. The number of methoxy groups -OCH3 is 1. The van der Waals surface area contributed by atoms with Crippen molar-refractivity contribution in [1.82, 2.24) is 15.0 Å². The summed E-state index contributed by atoms with van der Waals surface area (Å²) in [4.78, 5) is 22.6. The average molecular weight is 288 g/mol. The number of aromatic amines is 1. The number of halogens is 1. The van der Waals surface area contributed by atoms with E-state index in [2.05, 4.69) is 19.7 Å². The molecule has 0 bridgehead atoms. The van der Waals surface area contributed by atoms with Crippen LogP contribution < -0.4 is 0 Å². The number of nitrogens with one attached hydrogen (secondary N) is 1. The minimum atomic E-state index is -0.359. The Morgan fingerprint density at radius 1 is 1.25 bits per heavy atom. The van der Waals surface area contributed by atoms with Crippen LogP contribution in [0.4, 0.5) is 0 Å². The molecule has 0 aliphatic heterocycles. The van der Waals surface area contributed by atoms with Gasteiger partial charge >= 0.3 is 5.97 Å². The van der Waals surface area contributed by atoms with Gasteiger partial charge in [-0.25, -0.2) is 14.8 Å². The summed E-state index contributed by atoms with van der Waals surface area (Å²) >= 11 is 6.01. The molecule has 0 unspecified atom stereocenters. The first-order chi connectivity index (χ1) is 9.69. The Hall–Kier alpha value is -2.40. The summed E-state index contributed by atoms with van der Waals surface area (Å²) < 4.78 is 4.66. The van der Waals surface area contributed by atoms with E-state index in [1.54, 1.807) is 12.1 Å². The van der Waals surface area contributed by atoms with Gasteiger partial charge in [0, 0.05) is 5.69 Å². The van der Waals surface area contributed by atoms with E-state index in [4.69, 9.17) is 11.6 Å². The monoisotopic (exact) mass is 287 g/mol. The van der Waals surface area contributed by atoms with Crippen molar-refractivity contribution in [1.29, 1.82) is 0 Å². The van der Waals surface area contributed by atoms with Gasteiger partial charge in [-0.3, -0.25) is 0 Å². The highest BCUT2D eigenvalue weighted by Gasteiger charge is 2.09. The molecule has 100 valence electrons. The predicted octanol–water partition coefficient (Wildman–Crippen LogP) is 3.06. The average Bonchev–Trinajstić information content (AvgIpc) is 2.92. The molecule has 3 rings (SSSR count). The number of esters is 1. The zero-order valence-electron chi connectivity index (χ0n) is 10.6. The van der Waals surface area contributed by atoms with Gasteiger partial charge in [-0.2, -0.15) is 0 Å². The summed E-state index contributed by atoms with van der Waals surface area (Å²) in [7, 11) is 1.36. The first-order valence-corrected chi connectivity index (χ1v) is 6.25. The Morgan fingerprint density at radius 2 is 2.00 bits per heavy atom. The molecule has 6 heteroatoms. The third-order valence-corrected chi connectivity index (χ3v) is 3.30. The van der Waals surface area contributed by atoms with Crippen molar-refractivity contribution in [2.45, 2.75) is 0 Å². The molecule has 0 saturated heterocycles. The van der Waals surface area contributed by atoms with Crippen molar-refractivity contribution >= 4 is 28.6 Å². The van der Waals surface area contributed by atoms with Gasteiger partial charge in [0.15, 0.2) is 0 Å². The van der Waals surface area contributed by atoms with Crippen molar-refractivity contribution in [3.8, 4) is 11.3 Å². The molecule has 0 saturated carbocycles. The third kappa shape index (κ3) is 2.12. The van der Waals surface area contributed by atoms with Crippen LogP contribution in [0.15, 0.2) is 36.7 Å². The molecule has 1 aromatic carbocycles. The van der Waals surface area contributed by atoms with Gasteiger partial charge in [0.25, 0.3) is 0 Å². The second-order valence-electron chi connectivity index (χ2n) is 4.18. The molecule has 2 aromatic heterocycles. The Bertz CT molecular complexity index is 781. The van der Waals surface area contributed by atoms with Crippen LogP contribution in [0.3, 0.4) is 0 Å². The molecule has 0 spiro atoms. The molecule has 20 heavy (non-hydrogen) atoms. The highest BCUT2D eigenvalue weighted by Crippen LogP contribution is 2.26. The Balaban J connectivity index is 2.02. The number of hydrogen-bond acceptors (Lipinski definition) is 4. The van der Waals surface area contributed by atoms with E-state index in [1.165, 1.54) is 13.4 Å². The SMILES string of the molecule is COC(=O)c1ccc(-c2cc3c(Cl)ncnc3[nH]2)cc1. The second kappa shape index (κ2) is 4.94. The predicted molar refractivity (Wildman–Crippen MR) is 75.7 cm³/mol. The van der Waals surface area contributed by atoms with E-state index < -0.39 is 0 Å². The molecule has 0 radical (unpaired) electrons. The first kappa shape index (κ1) is 12.6. The van der Waals surface area contributed by atoms with Gasteiger partial charge in [-0.15, -0.1) is 0 Å². The van der Waals surface area contributed by atoms with Crippen LogP contribution in [0.2, 0.25) is 5.15 Å². The molecule has 0 fully saturated rings. The summed E-state index contributed by atoms with van der Waals surface area (Å²) in [6.45, 7) is 0. The Labute approximate surface area is 119 Å². The normalized spacial score (nSPS) is 10.7. The number of aromatic nitrogens is 3. The molecular weight excluding hydrogens is 278 g/mol. The maximum Gasteiger partial charge on any atom is 0.337 e. The molecule has 2 heterocycles. The minimum Gasteiger partial charge on any atom is -0.465 e. The fraction of sp³-hybridized carbons (Fsp3) is 0.0714. The summed E-state index contributed by atoms with van der Waals surface area (Å²) in [6.07, 6.45) is 1.41. The minimum absolute atomic E-state index is 0.359. The summed E-state index contributed by atoms with van der Waals surface area (Å²) in [6, 6.07) is 8.96. The Morgan fingerprint density at radius 3 is 2.65 bits per heavy atom. The standard InChI is InChI=1S/C14H10ClN3O2/c1-20-14(19)9-4-2-8(3-5-9)11-6-10-12(15)16-7-17-13(10)18-11/h2-7H,1H3,(H,16,17,18). The number of fused-ring (bicyclic) bond motifs is 1. The van der Waals surface area contributed by atoms with Gasteiger partial charge in [-0.05, 0) is 23.8 Å². The molecule has 1 N–H and O–H groups in total. The summed E-state index contributed by atoms with van der Waals surface area (Å²) in [5, 5.41) is 1.17. The molecule has 3 aromatic rings. The van der Waals surface area contributed by atoms with Gasteiger partial charge in [0.05, 0.1) is 18.1 Å². The fourth-order valence-corrected chi connectivity index (χ4v) is 2.16. The number of carbonyl (C=O) groups excluding carboxylic acids is 1. The summed E-state index contributed by atoms with van der Waals surface area (Å²) in [5.41, 5.74) is 2.97. The maximum atomic E-state index is 11.4. The van der Waals surface area contributed by atoms with Crippen LogP contribution in [0.5, 0.6) is 0 Å². The van der Waals surface area contributed by atoms with Crippen LogP contribution in [0.1, 0.15) is 10.4 Å². The number of hydrogen-bond donors (Lipinski definition) is 1. The van der Waals surface area contributed by atoms with Crippen molar-refractivity contribution < 1.29 is 9.53 Å². The quantitative estimate of drug-likeness (QED) is 0.581. The molecule has 0 aliphatic rings. The number of H-pyrrole nitrogens is 1. The van der Waals surface area contributed by atoms with E-state index in [0.717, 1.165) is 16.6 Å². The van der Waals surface area contributed by atoms with Crippen molar-refractivity contribution in [2.75, 3.05) is 7.11 Å². The Kier molecular flexibility index (Phi) is 3.12. The highest BCUT2D eigenvalue weighted by molar-refractivity contribution is 6.34. The zero-order chi connectivity index (χ0) is 14.1. The van der Waals surface area contributed by atoms with Crippen molar-refractivity contribution in [3.63, 3.8) is 0 Å². The van der Waals surface area contributed by atoms with E-state index >= 15 is 0 Å². The van der Waals surface area contributed by atoms with Crippen LogP contribution in [-0.4, -0.2) is 28.0 Å². The fourth-order valence-electron chi connectivity index (χ4n) is 1.97. The topological polar surface area (TPSA) is 67.9 Å². The van der Waals surface area contributed by atoms with Crippen molar-refractivity contribution in [3.05, 3.63) is 47.4 Å². The van der Waals surface area contributed by atoms with Gasteiger partial charge in [0.1, 0.15) is 17.1 Å². The van der Waals surface area contributed by atoms with Crippen LogP contribution in [-0.2, 0) is 4.74 Å². The van der Waals surface area contributed by atoms with Gasteiger partial charge in [0.2, 0.25) is 0 Å². The van der Waals surface area contributed by atoms with Gasteiger partial charge < -0.3 is 9.72 Å². The third-order valence-electron chi connectivity index (χ3n) is 2.99. The number of rotatable bonds is 2. The lowest BCUT2D eigenvalue weighted by atomic mass is 10.1. The van der Waals surface area contributed by atoms with E-state index in [0.29, 0.717) is 16.4 Å². The first-order valence-electron chi connectivity index (χ1n) is 5.87. The number of carbonyl (C=O) groups is 1. The molecule has 0 atom stereocenters. The number of nitrogens with zero attached hydrogens (tertiary/aromatic N) is 2. The van der Waals surface area contributed by atoms with Crippen LogP contribution in [0.25, 0.3) is 22.3 Å². The van der Waals surface area contributed by atoms with Crippen LogP contribution in [0, 0.1) is 0 Å². The maximum absolute atomic E-state index is 11.4. The number of benzene rings is 1. The smallest absolute Gasteiger partial charge is 0.337 e. The molecular formula is C14H10ClN3O2. The lowest BCUT2D eigenvalue weighted by Crippen LogP contribution is -2.00. The van der Waals surface area contributed by atoms with E-state index in [9.17, 15) is 4.79 Å². The molecule has 0 aliphatic carbocycles.